The standard InChI is InChI=1S/C11H17N3O2/c1-4-5-8(2)13-9-6-7-12-10(14-9)11(15)16-3/h6-8H,4-5H2,1-3H3,(H,12,13,14). The second-order valence-electron chi connectivity index (χ2n) is 3.59. The highest BCUT2D eigenvalue weighted by molar-refractivity contribution is 5.85. The molecule has 0 saturated carbocycles. The van der Waals surface area contributed by atoms with Crippen LogP contribution in [0.15, 0.2) is 12.3 Å². The predicted octanol–water partition coefficient (Wildman–Crippen LogP) is 1.86. The number of carbonyl (C=O) groups is 1. The number of ether oxygens (including phenoxy) is 1. The summed E-state index contributed by atoms with van der Waals surface area (Å²) in [5, 5.41) is 3.20. The van der Waals surface area contributed by atoms with Gasteiger partial charge in [0.05, 0.1) is 7.11 Å². The maximum atomic E-state index is 11.2. The normalized spacial score (nSPS) is 11.9. The van der Waals surface area contributed by atoms with E-state index in [1.165, 1.54) is 7.11 Å². The number of rotatable bonds is 5. The summed E-state index contributed by atoms with van der Waals surface area (Å²) < 4.78 is 4.55. The molecule has 88 valence electrons. The van der Waals surface area contributed by atoms with E-state index in [-0.39, 0.29) is 5.82 Å². The highest BCUT2D eigenvalue weighted by Crippen LogP contribution is 2.07. The van der Waals surface area contributed by atoms with Gasteiger partial charge in [-0.15, -0.1) is 0 Å². The fraction of sp³-hybridized carbons (Fsp3) is 0.545. The third-order valence-corrected chi connectivity index (χ3v) is 2.14. The zero-order valence-corrected chi connectivity index (χ0v) is 9.86. The maximum absolute atomic E-state index is 11.2. The molecule has 0 bridgehead atoms. The SMILES string of the molecule is CCCC(C)Nc1ccnc(C(=O)OC)n1. The average molecular weight is 223 g/mol. The Morgan fingerprint density at radius 3 is 3.00 bits per heavy atom. The van der Waals surface area contributed by atoms with Crippen LogP contribution in [0.4, 0.5) is 5.82 Å². The van der Waals surface area contributed by atoms with E-state index >= 15 is 0 Å². The fourth-order valence-corrected chi connectivity index (χ4v) is 1.39. The number of esters is 1. The van der Waals surface area contributed by atoms with Crippen molar-refractivity contribution in [2.75, 3.05) is 12.4 Å². The highest BCUT2D eigenvalue weighted by atomic mass is 16.5. The quantitative estimate of drug-likeness (QED) is 0.772. The van der Waals surface area contributed by atoms with Crippen molar-refractivity contribution in [3.63, 3.8) is 0 Å². The Balaban J connectivity index is 2.70. The second kappa shape index (κ2) is 6.05. The molecule has 5 nitrogen and oxygen atoms in total. The van der Waals surface area contributed by atoms with Crippen molar-refractivity contribution in [2.24, 2.45) is 0 Å². The number of nitrogens with one attached hydrogen (secondary N) is 1. The number of nitrogens with zero attached hydrogens (tertiary/aromatic N) is 2. The summed E-state index contributed by atoms with van der Waals surface area (Å²) in [7, 11) is 1.31. The lowest BCUT2D eigenvalue weighted by molar-refractivity contribution is 0.0587. The topological polar surface area (TPSA) is 64.1 Å². The minimum atomic E-state index is -0.521. The third-order valence-electron chi connectivity index (χ3n) is 2.14. The Hall–Kier alpha value is -1.65. The number of anilines is 1. The van der Waals surface area contributed by atoms with Crippen molar-refractivity contribution in [1.29, 1.82) is 0 Å². The van der Waals surface area contributed by atoms with E-state index in [0.29, 0.717) is 11.9 Å². The number of hydrogen-bond donors (Lipinski definition) is 1. The molecule has 0 aromatic carbocycles. The number of methoxy groups -OCH3 is 1. The molecule has 1 atom stereocenters. The lowest BCUT2D eigenvalue weighted by Gasteiger charge is -2.13. The van der Waals surface area contributed by atoms with Crippen molar-refractivity contribution < 1.29 is 9.53 Å². The van der Waals surface area contributed by atoms with Gasteiger partial charge >= 0.3 is 5.97 Å². The molecule has 16 heavy (non-hydrogen) atoms. The van der Waals surface area contributed by atoms with Crippen LogP contribution in [0.5, 0.6) is 0 Å². The molecule has 0 aliphatic rings. The lowest BCUT2D eigenvalue weighted by atomic mass is 10.2. The van der Waals surface area contributed by atoms with E-state index in [0.717, 1.165) is 12.8 Å². The van der Waals surface area contributed by atoms with Gasteiger partial charge in [-0.3, -0.25) is 0 Å². The molecule has 1 N–H and O–H groups in total. The molecule has 1 unspecified atom stereocenters. The van der Waals surface area contributed by atoms with E-state index in [9.17, 15) is 4.79 Å². The molecular formula is C11H17N3O2. The molecule has 5 heteroatoms. The zero-order chi connectivity index (χ0) is 12.0. The summed E-state index contributed by atoms with van der Waals surface area (Å²) in [6, 6.07) is 2.06. The molecule has 0 amide bonds. The summed E-state index contributed by atoms with van der Waals surface area (Å²) in [6.45, 7) is 4.20. The second-order valence-corrected chi connectivity index (χ2v) is 3.59. The van der Waals surface area contributed by atoms with Gasteiger partial charge < -0.3 is 10.1 Å². The first-order valence-corrected chi connectivity index (χ1v) is 5.35. The molecule has 1 aromatic rings. The summed E-state index contributed by atoms with van der Waals surface area (Å²) >= 11 is 0. The van der Waals surface area contributed by atoms with Gasteiger partial charge in [0.15, 0.2) is 0 Å². The van der Waals surface area contributed by atoms with E-state index < -0.39 is 5.97 Å². The molecule has 0 fully saturated rings. The zero-order valence-electron chi connectivity index (χ0n) is 9.86. The maximum Gasteiger partial charge on any atom is 0.376 e. The van der Waals surface area contributed by atoms with Gasteiger partial charge in [-0.05, 0) is 19.4 Å². The van der Waals surface area contributed by atoms with Crippen molar-refractivity contribution in [1.82, 2.24) is 9.97 Å². The van der Waals surface area contributed by atoms with Crippen LogP contribution in [0, 0.1) is 0 Å². The lowest BCUT2D eigenvalue weighted by Crippen LogP contribution is -2.17. The average Bonchev–Trinajstić information content (AvgIpc) is 2.28. The molecule has 1 aromatic heterocycles. The molecule has 0 aliphatic carbocycles. The van der Waals surface area contributed by atoms with Gasteiger partial charge in [0.1, 0.15) is 5.82 Å². The smallest absolute Gasteiger partial charge is 0.376 e. The van der Waals surface area contributed by atoms with Crippen LogP contribution >= 0.6 is 0 Å². The minimum Gasteiger partial charge on any atom is -0.463 e. The van der Waals surface area contributed by atoms with E-state index in [1.807, 2.05) is 0 Å². The van der Waals surface area contributed by atoms with Gasteiger partial charge in [0.2, 0.25) is 5.82 Å². The van der Waals surface area contributed by atoms with Crippen LogP contribution < -0.4 is 5.32 Å². The highest BCUT2D eigenvalue weighted by Gasteiger charge is 2.10. The number of carbonyl (C=O) groups excluding carboxylic acids is 1. The van der Waals surface area contributed by atoms with Gasteiger partial charge in [-0.2, -0.15) is 0 Å². The number of aromatic nitrogens is 2. The molecule has 1 rings (SSSR count). The van der Waals surface area contributed by atoms with Crippen LogP contribution in [-0.2, 0) is 4.74 Å². The first-order chi connectivity index (χ1) is 7.67. The Morgan fingerprint density at radius 2 is 2.38 bits per heavy atom. The Morgan fingerprint density at radius 1 is 1.62 bits per heavy atom. The van der Waals surface area contributed by atoms with Crippen molar-refractivity contribution in [3.05, 3.63) is 18.1 Å². The van der Waals surface area contributed by atoms with Crippen LogP contribution in [-0.4, -0.2) is 29.1 Å². The molecule has 0 saturated heterocycles. The number of hydrogen-bond acceptors (Lipinski definition) is 5. The Labute approximate surface area is 95.3 Å². The first kappa shape index (κ1) is 12.4. The Kier molecular flexibility index (Phi) is 4.69. The summed E-state index contributed by atoms with van der Waals surface area (Å²) in [6.07, 6.45) is 3.70. The van der Waals surface area contributed by atoms with Gasteiger partial charge in [0, 0.05) is 12.2 Å². The largest absolute Gasteiger partial charge is 0.463 e. The van der Waals surface area contributed by atoms with Gasteiger partial charge in [0.25, 0.3) is 0 Å². The molecule has 0 radical (unpaired) electrons. The summed E-state index contributed by atoms with van der Waals surface area (Å²) in [4.78, 5) is 19.1. The monoisotopic (exact) mass is 223 g/mol. The molecule has 0 aliphatic heterocycles. The Bertz CT molecular complexity index is 355. The third kappa shape index (κ3) is 3.49. The molecule has 0 spiro atoms. The van der Waals surface area contributed by atoms with Crippen LogP contribution in [0.25, 0.3) is 0 Å². The summed E-state index contributed by atoms with van der Waals surface area (Å²) in [5.41, 5.74) is 0. The van der Waals surface area contributed by atoms with Gasteiger partial charge in [-0.1, -0.05) is 13.3 Å². The van der Waals surface area contributed by atoms with Crippen molar-refractivity contribution in [2.45, 2.75) is 32.7 Å². The molecular weight excluding hydrogens is 206 g/mol. The first-order valence-electron chi connectivity index (χ1n) is 5.35. The van der Waals surface area contributed by atoms with E-state index in [2.05, 4.69) is 33.9 Å². The fourth-order valence-electron chi connectivity index (χ4n) is 1.39. The van der Waals surface area contributed by atoms with Crippen LogP contribution in [0.1, 0.15) is 37.3 Å². The summed E-state index contributed by atoms with van der Waals surface area (Å²) in [5.74, 6) is 0.208. The van der Waals surface area contributed by atoms with Crippen LogP contribution in [0.2, 0.25) is 0 Å². The van der Waals surface area contributed by atoms with Crippen molar-refractivity contribution in [3.8, 4) is 0 Å². The molecule has 1 heterocycles. The van der Waals surface area contributed by atoms with E-state index in [4.69, 9.17) is 0 Å². The van der Waals surface area contributed by atoms with E-state index in [1.54, 1.807) is 12.3 Å². The van der Waals surface area contributed by atoms with Crippen LogP contribution in [0.3, 0.4) is 0 Å². The van der Waals surface area contributed by atoms with Crippen molar-refractivity contribution >= 4 is 11.8 Å². The predicted molar refractivity (Wildman–Crippen MR) is 61.4 cm³/mol. The minimum absolute atomic E-state index is 0.0798. The van der Waals surface area contributed by atoms with Gasteiger partial charge in [-0.25, -0.2) is 14.8 Å².